The van der Waals surface area contributed by atoms with Crippen molar-refractivity contribution in [1.29, 1.82) is 0 Å². The predicted octanol–water partition coefficient (Wildman–Crippen LogP) is 1.80. The van der Waals surface area contributed by atoms with Crippen LogP contribution in [0.1, 0.15) is 38.8 Å². The molecule has 4 atom stereocenters. The average Bonchev–Trinajstić information content (AvgIpc) is 3.10. The molecule has 1 aromatic carbocycles. The maximum atomic E-state index is 13.8. The number of ether oxygens (including phenoxy) is 1. The van der Waals surface area contributed by atoms with Gasteiger partial charge in [-0.15, -0.1) is 0 Å². The molecule has 7 heteroatoms. The first-order valence-electron chi connectivity index (χ1n) is 8.96. The molecule has 26 heavy (non-hydrogen) atoms. The van der Waals surface area contributed by atoms with E-state index in [0.717, 1.165) is 0 Å². The molecule has 2 aliphatic rings. The standard InChI is InChI=1S/C19H23FN2O4/c1-4-19(18(25)26-6-3)14-13(16(23)22(5-2)17(14)24)15(21-19)11-8-7-9-12(20)10-11/h7-10,13-15,21H,4-6H2,1-3H3/t13-,14+,15+,19+/m0/s1. The Morgan fingerprint density at radius 2 is 2.00 bits per heavy atom. The van der Waals surface area contributed by atoms with Gasteiger partial charge in [-0.3, -0.25) is 24.6 Å². The minimum atomic E-state index is -1.30. The largest absolute Gasteiger partial charge is 0.465 e. The van der Waals surface area contributed by atoms with Gasteiger partial charge < -0.3 is 4.74 Å². The minimum Gasteiger partial charge on any atom is -0.465 e. The van der Waals surface area contributed by atoms with Gasteiger partial charge >= 0.3 is 5.97 Å². The Kier molecular flexibility index (Phi) is 4.84. The topological polar surface area (TPSA) is 75.7 Å². The van der Waals surface area contributed by atoms with Crippen molar-refractivity contribution >= 4 is 17.8 Å². The number of nitrogens with zero attached hydrogens (tertiary/aromatic N) is 1. The number of nitrogens with one attached hydrogen (secondary N) is 1. The number of imide groups is 1. The van der Waals surface area contributed by atoms with Crippen molar-refractivity contribution < 1.29 is 23.5 Å². The first kappa shape index (κ1) is 18.5. The molecule has 0 bridgehead atoms. The summed E-state index contributed by atoms with van der Waals surface area (Å²) in [6.45, 7) is 5.60. The van der Waals surface area contributed by atoms with Gasteiger partial charge in [-0.2, -0.15) is 0 Å². The second kappa shape index (κ2) is 6.79. The van der Waals surface area contributed by atoms with E-state index >= 15 is 0 Å². The molecule has 0 unspecified atom stereocenters. The van der Waals surface area contributed by atoms with Crippen LogP contribution < -0.4 is 5.32 Å². The lowest BCUT2D eigenvalue weighted by atomic mass is 9.78. The van der Waals surface area contributed by atoms with Crippen LogP contribution in [0.5, 0.6) is 0 Å². The zero-order valence-corrected chi connectivity index (χ0v) is 15.1. The predicted molar refractivity (Wildman–Crippen MR) is 91.3 cm³/mol. The van der Waals surface area contributed by atoms with Crippen molar-refractivity contribution in [1.82, 2.24) is 10.2 Å². The minimum absolute atomic E-state index is 0.171. The maximum Gasteiger partial charge on any atom is 0.327 e. The van der Waals surface area contributed by atoms with Crippen molar-refractivity contribution in [3.8, 4) is 0 Å². The molecule has 6 nitrogen and oxygen atoms in total. The van der Waals surface area contributed by atoms with Gasteiger partial charge in [0.05, 0.1) is 18.4 Å². The van der Waals surface area contributed by atoms with Crippen molar-refractivity contribution in [2.75, 3.05) is 13.2 Å². The molecule has 0 radical (unpaired) electrons. The maximum absolute atomic E-state index is 13.8. The van der Waals surface area contributed by atoms with Crippen LogP contribution in [0.2, 0.25) is 0 Å². The van der Waals surface area contributed by atoms with E-state index in [4.69, 9.17) is 4.74 Å². The number of hydrogen-bond donors (Lipinski definition) is 1. The third kappa shape index (κ3) is 2.53. The summed E-state index contributed by atoms with van der Waals surface area (Å²) in [5.74, 6) is -3.29. The van der Waals surface area contributed by atoms with E-state index in [1.165, 1.54) is 17.0 Å². The highest BCUT2D eigenvalue weighted by Gasteiger charge is 2.67. The quantitative estimate of drug-likeness (QED) is 0.639. The molecule has 0 aliphatic carbocycles. The molecule has 3 rings (SSSR count). The Hall–Kier alpha value is -2.28. The van der Waals surface area contributed by atoms with E-state index < -0.39 is 35.2 Å². The Labute approximate surface area is 151 Å². The SMILES string of the molecule is CCOC(=O)[C@]1(CC)N[C@H](c2cccc(F)c2)[C@H]2C(=O)N(CC)C(=O)[C@@H]21. The third-order valence-corrected chi connectivity index (χ3v) is 5.47. The second-order valence-corrected chi connectivity index (χ2v) is 6.65. The molecular formula is C19H23FN2O4. The Bertz CT molecular complexity index is 753. The van der Waals surface area contributed by atoms with E-state index in [9.17, 15) is 18.8 Å². The lowest BCUT2D eigenvalue weighted by molar-refractivity contribution is -0.156. The van der Waals surface area contributed by atoms with Gasteiger partial charge in [0.15, 0.2) is 0 Å². The highest BCUT2D eigenvalue weighted by Crippen LogP contribution is 2.50. The smallest absolute Gasteiger partial charge is 0.327 e. The van der Waals surface area contributed by atoms with E-state index in [-0.39, 0.29) is 31.4 Å². The second-order valence-electron chi connectivity index (χ2n) is 6.65. The van der Waals surface area contributed by atoms with Gasteiger partial charge in [0.1, 0.15) is 11.4 Å². The van der Waals surface area contributed by atoms with Gasteiger partial charge in [0.2, 0.25) is 11.8 Å². The van der Waals surface area contributed by atoms with Gasteiger partial charge in [0.25, 0.3) is 0 Å². The molecule has 2 heterocycles. The Morgan fingerprint density at radius 3 is 2.58 bits per heavy atom. The summed E-state index contributed by atoms with van der Waals surface area (Å²) in [7, 11) is 0. The number of carbonyl (C=O) groups is 3. The number of benzene rings is 1. The third-order valence-electron chi connectivity index (χ3n) is 5.47. The summed E-state index contributed by atoms with van der Waals surface area (Å²) < 4.78 is 19.0. The van der Waals surface area contributed by atoms with Crippen LogP contribution in [0.3, 0.4) is 0 Å². The fourth-order valence-electron chi connectivity index (χ4n) is 4.28. The summed E-state index contributed by atoms with van der Waals surface area (Å²) in [5, 5.41) is 3.18. The molecule has 2 saturated heterocycles. The number of likely N-dealkylation sites (tertiary alicyclic amines) is 1. The zero-order chi connectivity index (χ0) is 19.1. The molecule has 2 amide bonds. The monoisotopic (exact) mass is 362 g/mol. The summed E-state index contributed by atoms with van der Waals surface area (Å²) in [6.07, 6.45) is 0.287. The number of fused-ring (bicyclic) bond motifs is 1. The number of amides is 2. The van der Waals surface area contributed by atoms with Crippen LogP contribution in [0.25, 0.3) is 0 Å². The normalized spacial score (nSPS) is 30.6. The number of rotatable bonds is 5. The van der Waals surface area contributed by atoms with E-state index in [1.54, 1.807) is 32.9 Å². The van der Waals surface area contributed by atoms with E-state index in [0.29, 0.717) is 5.56 Å². The summed E-state index contributed by atoms with van der Waals surface area (Å²) >= 11 is 0. The fourth-order valence-corrected chi connectivity index (χ4v) is 4.28. The molecule has 140 valence electrons. The molecule has 0 aromatic heterocycles. The molecule has 2 fully saturated rings. The van der Waals surface area contributed by atoms with E-state index in [1.807, 2.05) is 0 Å². The van der Waals surface area contributed by atoms with Gasteiger partial charge in [-0.25, -0.2) is 4.39 Å². The van der Waals surface area contributed by atoms with Crippen LogP contribution in [0.4, 0.5) is 4.39 Å². The molecule has 1 aromatic rings. The van der Waals surface area contributed by atoms with Crippen LogP contribution >= 0.6 is 0 Å². The average molecular weight is 362 g/mol. The zero-order valence-electron chi connectivity index (χ0n) is 15.1. The molecule has 0 spiro atoms. The van der Waals surface area contributed by atoms with Crippen LogP contribution in [-0.4, -0.2) is 41.4 Å². The number of carbonyl (C=O) groups excluding carboxylic acids is 3. The van der Waals surface area contributed by atoms with Crippen LogP contribution in [0, 0.1) is 17.7 Å². The van der Waals surface area contributed by atoms with Crippen molar-refractivity contribution in [2.24, 2.45) is 11.8 Å². The van der Waals surface area contributed by atoms with Crippen LogP contribution in [-0.2, 0) is 19.1 Å². The molecule has 1 N–H and O–H groups in total. The molecule has 2 aliphatic heterocycles. The fraction of sp³-hybridized carbons (Fsp3) is 0.526. The van der Waals surface area contributed by atoms with E-state index in [2.05, 4.69) is 5.32 Å². The van der Waals surface area contributed by atoms with Crippen LogP contribution in [0.15, 0.2) is 24.3 Å². The first-order valence-corrected chi connectivity index (χ1v) is 8.96. The van der Waals surface area contributed by atoms with Crippen molar-refractivity contribution in [3.05, 3.63) is 35.6 Å². The summed E-state index contributed by atoms with van der Waals surface area (Å²) in [4.78, 5) is 39.8. The number of esters is 1. The molecule has 0 saturated carbocycles. The first-order chi connectivity index (χ1) is 12.4. The van der Waals surface area contributed by atoms with Crippen molar-refractivity contribution in [3.63, 3.8) is 0 Å². The number of hydrogen-bond acceptors (Lipinski definition) is 5. The Balaban J connectivity index is 2.13. The van der Waals surface area contributed by atoms with Gasteiger partial charge in [-0.05, 0) is 38.0 Å². The highest BCUT2D eigenvalue weighted by molar-refractivity contribution is 6.09. The summed E-state index contributed by atoms with van der Waals surface area (Å²) in [6, 6.07) is 5.26. The lowest BCUT2D eigenvalue weighted by Gasteiger charge is -2.31. The van der Waals surface area contributed by atoms with Crippen molar-refractivity contribution in [2.45, 2.75) is 38.8 Å². The van der Waals surface area contributed by atoms with Gasteiger partial charge in [-0.1, -0.05) is 19.1 Å². The highest BCUT2D eigenvalue weighted by atomic mass is 19.1. The molecular weight excluding hydrogens is 339 g/mol. The number of halogens is 1. The summed E-state index contributed by atoms with van der Waals surface area (Å²) in [5.41, 5.74) is -0.757. The lowest BCUT2D eigenvalue weighted by Crippen LogP contribution is -2.56. The van der Waals surface area contributed by atoms with Gasteiger partial charge in [0, 0.05) is 12.6 Å². The Morgan fingerprint density at radius 1 is 1.27 bits per heavy atom.